The Morgan fingerprint density at radius 3 is 2.47 bits per heavy atom. The molecule has 1 unspecified atom stereocenters. The normalized spacial score (nSPS) is 12.6. The summed E-state index contributed by atoms with van der Waals surface area (Å²) in [6.45, 7) is 0.472. The molecule has 3 rings (SSSR count). The summed E-state index contributed by atoms with van der Waals surface area (Å²) in [4.78, 5) is 17.7. The van der Waals surface area contributed by atoms with E-state index in [1.165, 1.54) is 18.0 Å². The number of aromatic nitrogens is 2. The van der Waals surface area contributed by atoms with Crippen molar-refractivity contribution in [1.82, 2.24) is 9.55 Å². The Morgan fingerprint density at radius 2 is 1.80 bits per heavy atom. The maximum absolute atomic E-state index is 13.2. The number of rotatable bonds is 7. The van der Waals surface area contributed by atoms with E-state index >= 15 is 0 Å². The van der Waals surface area contributed by atoms with Crippen molar-refractivity contribution in [3.63, 3.8) is 0 Å². The van der Waals surface area contributed by atoms with Crippen LogP contribution in [0.1, 0.15) is 6.92 Å². The van der Waals surface area contributed by atoms with Gasteiger partial charge in [-0.2, -0.15) is 13.2 Å². The molecule has 1 heterocycles. The predicted molar refractivity (Wildman–Crippen MR) is 116 cm³/mol. The molecule has 1 amide bonds. The fourth-order valence-corrected chi connectivity index (χ4v) is 4.26. The summed E-state index contributed by atoms with van der Waals surface area (Å²) >= 11 is 2.50. The highest BCUT2D eigenvalue weighted by molar-refractivity contribution is 8.00. The molecular weight excluding hydrogens is 431 g/mol. The van der Waals surface area contributed by atoms with Crippen LogP contribution >= 0.6 is 23.5 Å². The van der Waals surface area contributed by atoms with Crippen molar-refractivity contribution in [1.29, 1.82) is 0 Å². The van der Waals surface area contributed by atoms with Gasteiger partial charge >= 0.3 is 6.18 Å². The molecule has 0 bridgehead atoms. The average molecular weight is 452 g/mol. The zero-order chi connectivity index (χ0) is 21.7. The molecule has 3 aromatic rings. The van der Waals surface area contributed by atoms with E-state index in [2.05, 4.69) is 10.3 Å². The summed E-state index contributed by atoms with van der Waals surface area (Å²) < 4.78 is 40.8. The first-order valence-corrected chi connectivity index (χ1v) is 11.2. The molecule has 0 aliphatic heterocycles. The third kappa shape index (κ3) is 5.60. The maximum atomic E-state index is 13.2. The fourth-order valence-electron chi connectivity index (χ4n) is 2.82. The molecule has 0 radical (unpaired) electrons. The Labute approximate surface area is 181 Å². The van der Waals surface area contributed by atoms with Gasteiger partial charge in [-0.15, -0.1) is 11.8 Å². The summed E-state index contributed by atoms with van der Waals surface area (Å²) in [7, 11) is 0. The van der Waals surface area contributed by atoms with Crippen LogP contribution in [-0.4, -0.2) is 33.1 Å². The lowest BCUT2D eigenvalue weighted by Gasteiger charge is -2.17. The lowest BCUT2D eigenvalue weighted by atomic mass is 10.2. The van der Waals surface area contributed by atoms with E-state index in [-0.39, 0.29) is 11.1 Å². The van der Waals surface area contributed by atoms with E-state index in [9.17, 15) is 18.0 Å². The number of alkyl halides is 3. The van der Waals surface area contributed by atoms with Gasteiger partial charge in [0.2, 0.25) is 5.91 Å². The number of hydrogen-bond acceptors (Lipinski definition) is 4. The van der Waals surface area contributed by atoms with E-state index in [1.54, 1.807) is 43.3 Å². The van der Waals surface area contributed by atoms with Crippen LogP contribution in [0.4, 0.5) is 18.9 Å². The molecule has 1 atom stereocenters. The summed E-state index contributed by atoms with van der Waals surface area (Å²) in [6, 6.07) is 16.1. The van der Waals surface area contributed by atoms with E-state index in [0.717, 1.165) is 21.2 Å². The number of amides is 1. The van der Waals surface area contributed by atoms with Crippen LogP contribution in [-0.2, 0) is 11.3 Å². The van der Waals surface area contributed by atoms with Crippen molar-refractivity contribution in [3.8, 4) is 11.3 Å². The van der Waals surface area contributed by atoms with Gasteiger partial charge in [0.25, 0.3) is 0 Å². The molecule has 4 nitrogen and oxygen atoms in total. The SMILES string of the molecule is CSc1ccccc1NC(=O)C(C)Sc1ncc(-c2ccccc2)n1CC(F)(F)F. The Morgan fingerprint density at radius 1 is 1.13 bits per heavy atom. The van der Waals surface area contributed by atoms with Crippen molar-refractivity contribution >= 4 is 35.1 Å². The number of carbonyl (C=O) groups excluding carboxylic acids is 1. The molecule has 0 saturated carbocycles. The second kappa shape index (κ2) is 9.61. The molecular formula is C21H20F3N3OS2. The number of benzene rings is 2. The highest BCUT2D eigenvalue weighted by Crippen LogP contribution is 2.32. The lowest BCUT2D eigenvalue weighted by molar-refractivity contribution is -0.141. The molecule has 30 heavy (non-hydrogen) atoms. The van der Waals surface area contributed by atoms with Crippen LogP contribution in [0, 0.1) is 0 Å². The smallest absolute Gasteiger partial charge is 0.324 e. The fraction of sp³-hybridized carbons (Fsp3) is 0.238. The third-order valence-corrected chi connectivity index (χ3v) is 6.14. The minimum atomic E-state index is -4.41. The molecule has 9 heteroatoms. The van der Waals surface area contributed by atoms with Crippen LogP contribution < -0.4 is 5.32 Å². The minimum Gasteiger partial charge on any atom is -0.324 e. The van der Waals surface area contributed by atoms with E-state index < -0.39 is 18.0 Å². The van der Waals surface area contributed by atoms with Gasteiger partial charge in [-0.3, -0.25) is 4.79 Å². The van der Waals surface area contributed by atoms with Gasteiger partial charge in [0, 0.05) is 4.90 Å². The molecule has 0 saturated heterocycles. The maximum Gasteiger partial charge on any atom is 0.406 e. The Kier molecular flexibility index (Phi) is 7.14. The standard InChI is InChI=1S/C21H20F3N3OS2/c1-14(19(28)26-16-10-6-7-11-18(16)29-2)30-20-25-12-17(15-8-4-3-5-9-15)27(20)13-21(22,23)24/h3-12,14H,13H2,1-2H3,(H,26,28). The predicted octanol–water partition coefficient (Wildman–Crippen LogP) is 5.95. The molecule has 0 aliphatic rings. The molecule has 0 aliphatic carbocycles. The van der Waals surface area contributed by atoms with Gasteiger partial charge in [-0.25, -0.2) is 4.98 Å². The Bertz CT molecular complexity index is 1010. The van der Waals surface area contributed by atoms with Gasteiger partial charge in [-0.1, -0.05) is 54.2 Å². The lowest BCUT2D eigenvalue weighted by Crippen LogP contribution is -2.24. The first kappa shape index (κ1) is 22.3. The number of imidazole rings is 1. The highest BCUT2D eigenvalue weighted by atomic mass is 32.2. The van der Waals surface area contributed by atoms with Gasteiger partial charge in [0.1, 0.15) is 6.54 Å². The number of thioether (sulfide) groups is 2. The number of hydrogen-bond donors (Lipinski definition) is 1. The number of anilines is 1. The van der Waals surface area contributed by atoms with Gasteiger partial charge in [-0.05, 0) is 30.9 Å². The van der Waals surface area contributed by atoms with E-state index in [1.807, 2.05) is 24.5 Å². The number of carbonyl (C=O) groups is 1. The number of para-hydroxylation sites is 1. The minimum absolute atomic E-state index is 0.145. The summed E-state index contributed by atoms with van der Waals surface area (Å²) in [5, 5.41) is 2.35. The summed E-state index contributed by atoms with van der Waals surface area (Å²) in [5.41, 5.74) is 1.66. The number of nitrogens with zero attached hydrogens (tertiary/aromatic N) is 2. The summed E-state index contributed by atoms with van der Waals surface area (Å²) in [6.07, 6.45) is -1.10. The quantitative estimate of drug-likeness (QED) is 0.451. The van der Waals surface area contributed by atoms with Gasteiger partial charge < -0.3 is 9.88 Å². The van der Waals surface area contributed by atoms with E-state index in [4.69, 9.17) is 0 Å². The van der Waals surface area contributed by atoms with Crippen molar-refractivity contribution in [2.45, 2.75) is 34.9 Å². The number of nitrogens with one attached hydrogen (secondary N) is 1. The largest absolute Gasteiger partial charge is 0.406 e. The summed E-state index contributed by atoms with van der Waals surface area (Å²) in [5.74, 6) is -0.302. The first-order chi connectivity index (χ1) is 14.3. The van der Waals surface area contributed by atoms with Crippen LogP contribution in [0.25, 0.3) is 11.3 Å². The molecule has 1 aromatic heterocycles. The third-order valence-electron chi connectivity index (χ3n) is 4.24. The van der Waals surface area contributed by atoms with Gasteiger partial charge in [0.15, 0.2) is 5.16 Å². The van der Waals surface area contributed by atoms with Crippen LogP contribution in [0.2, 0.25) is 0 Å². The molecule has 0 spiro atoms. The molecule has 158 valence electrons. The average Bonchev–Trinajstić information content (AvgIpc) is 3.09. The van der Waals surface area contributed by atoms with Crippen LogP contribution in [0.3, 0.4) is 0 Å². The monoisotopic (exact) mass is 451 g/mol. The molecule has 1 N–H and O–H groups in total. The second-order valence-corrected chi connectivity index (χ2v) is 8.60. The first-order valence-electron chi connectivity index (χ1n) is 9.06. The Hall–Kier alpha value is -2.39. The Balaban J connectivity index is 1.83. The molecule has 0 fully saturated rings. The zero-order valence-corrected chi connectivity index (χ0v) is 17.9. The second-order valence-electron chi connectivity index (χ2n) is 6.44. The van der Waals surface area contributed by atoms with Crippen molar-refractivity contribution in [2.24, 2.45) is 0 Å². The van der Waals surface area contributed by atoms with E-state index in [0.29, 0.717) is 16.9 Å². The van der Waals surface area contributed by atoms with Crippen molar-refractivity contribution < 1.29 is 18.0 Å². The zero-order valence-electron chi connectivity index (χ0n) is 16.3. The number of halogens is 3. The van der Waals surface area contributed by atoms with Crippen LogP contribution in [0.15, 0.2) is 70.8 Å². The topological polar surface area (TPSA) is 46.9 Å². The van der Waals surface area contributed by atoms with Crippen molar-refractivity contribution in [2.75, 3.05) is 11.6 Å². The van der Waals surface area contributed by atoms with Gasteiger partial charge in [0.05, 0.1) is 22.8 Å². The van der Waals surface area contributed by atoms with Crippen LogP contribution in [0.5, 0.6) is 0 Å². The van der Waals surface area contributed by atoms with Crippen molar-refractivity contribution in [3.05, 3.63) is 60.8 Å². The molecule has 2 aromatic carbocycles. The highest BCUT2D eigenvalue weighted by Gasteiger charge is 2.31.